The minimum absolute atomic E-state index is 0.189. The molecule has 1 amide bonds. The molecule has 0 saturated carbocycles. The van der Waals surface area contributed by atoms with Gasteiger partial charge >= 0.3 is 0 Å². The van der Waals surface area contributed by atoms with E-state index in [2.05, 4.69) is 10.3 Å². The van der Waals surface area contributed by atoms with Crippen molar-refractivity contribution in [2.75, 3.05) is 11.9 Å². The van der Waals surface area contributed by atoms with Crippen LogP contribution in [0.4, 0.5) is 5.69 Å². The molecule has 2 aromatic rings. The predicted octanol–water partition coefficient (Wildman–Crippen LogP) is 3.13. The number of nitrogens with zero attached hydrogens (tertiary/aromatic N) is 1. The second kappa shape index (κ2) is 4.86. The number of nitrogens with one attached hydrogen (secondary N) is 1. The first kappa shape index (κ1) is 11.9. The molecule has 1 heterocycles. The van der Waals surface area contributed by atoms with Crippen LogP contribution in [-0.4, -0.2) is 18.2 Å². The van der Waals surface area contributed by atoms with E-state index in [1.165, 1.54) is 0 Å². The van der Waals surface area contributed by atoms with Gasteiger partial charge in [0.25, 0.3) is 5.91 Å². The number of hydrogen-bond acceptors (Lipinski definition) is 2. The summed E-state index contributed by atoms with van der Waals surface area (Å²) in [5, 5.41) is 3.70. The Kier molecular flexibility index (Phi) is 3.05. The molecule has 3 nitrogen and oxygen atoms in total. The quantitative estimate of drug-likeness (QED) is 0.865. The Hall–Kier alpha value is -2.13. The molecule has 2 aromatic carbocycles. The fourth-order valence-corrected chi connectivity index (χ4v) is 2.25. The van der Waals surface area contributed by atoms with Crippen LogP contribution in [0.25, 0.3) is 0 Å². The zero-order valence-corrected chi connectivity index (χ0v) is 10.8. The van der Waals surface area contributed by atoms with Crippen LogP contribution in [0.5, 0.6) is 0 Å². The van der Waals surface area contributed by atoms with Gasteiger partial charge in [0.1, 0.15) is 0 Å². The van der Waals surface area contributed by atoms with Crippen LogP contribution in [0.3, 0.4) is 0 Å². The molecule has 0 fully saturated rings. The van der Waals surface area contributed by atoms with Gasteiger partial charge in [-0.25, -0.2) is 4.99 Å². The molecule has 94 valence electrons. The predicted molar refractivity (Wildman–Crippen MR) is 77.0 cm³/mol. The van der Waals surface area contributed by atoms with Crippen LogP contribution in [-0.2, 0) is 4.79 Å². The van der Waals surface area contributed by atoms with Crippen molar-refractivity contribution in [3.05, 3.63) is 64.7 Å². The minimum Gasteiger partial charge on any atom is -0.376 e. The highest BCUT2D eigenvalue weighted by atomic mass is 35.5. The summed E-state index contributed by atoms with van der Waals surface area (Å²) in [5.74, 6) is -0.189. The molecular formula is C15H11ClN2O. The van der Waals surface area contributed by atoms with E-state index in [1.54, 1.807) is 6.07 Å². The highest BCUT2D eigenvalue weighted by molar-refractivity contribution is 6.32. The summed E-state index contributed by atoms with van der Waals surface area (Å²) in [5.41, 5.74) is 3.29. The lowest BCUT2D eigenvalue weighted by molar-refractivity contribution is -0.116. The van der Waals surface area contributed by atoms with Crippen LogP contribution in [0, 0.1) is 0 Å². The zero-order valence-electron chi connectivity index (χ0n) is 10.1. The highest BCUT2D eigenvalue weighted by Gasteiger charge is 2.17. The second-order valence-electron chi connectivity index (χ2n) is 4.26. The van der Waals surface area contributed by atoms with Gasteiger partial charge in [0, 0.05) is 21.8 Å². The summed E-state index contributed by atoms with van der Waals surface area (Å²) in [7, 11) is 0. The molecule has 3 rings (SSSR count). The van der Waals surface area contributed by atoms with E-state index in [9.17, 15) is 4.79 Å². The van der Waals surface area contributed by atoms with Crippen LogP contribution in [0.2, 0.25) is 5.02 Å². The standard InChI is InChI=1S/C15H11ClN2O/c16-11-6-7-13-12(8-11)15(18-14(19)9-17-13)10-4-2-1-3-5-10/h1-8,17H,9H2. The summed E-state index contributed by atoms with van der Waals surface area (Å²) < 4.78 is 0. The highest BCUT2D eigenvalue weighted by Crippen LogP contribution is 2.25. The van der Waals surface area contributed by atoms with Crippen molar-refractivity contribution in [3.8, 4) is 0 Å². The number of amides is 1. The average molecular weight is 271 g/mol. The van der Waals surface area contributed by atoms with E-state index < -0.39 is 0 Å². The third-order valence-corrected chi connectivity index (χ3v) is 3.19. The number of hydrogen-bond donors (Lipinski definition) is 1. The molecule has 0 aliphatic carbocycles. The molecule has 1 aliphatic heterocycles. The largest absolute Gasteiger partial charge is 0.376 e. The molecule has 0 bridgehead atoms. The monoisotopic (exact) mass is 270 g/mol. The van der Waals surface area contributed by atoms with Crippen LogP contribution in [0.15, 0.2) is 53.5 Å². The van der Waals surface area contributed by atoms with Gasteiger partial charge in [-0.2, -0.15) is 0 Å². The molecule has 0 atom stereocenters. The molecule has 0 saturated heterocycles. The topological polar surface area (TPSA) is 41.5 Å². The summed E-state index contributed by atoms with van der Waals surface area (Å²) in [4.78, 5) is 15.9. The molecular weight excluding hydrogens is 260 g/mol. The molecule has 0 spiro atoms. The van der Waals surface area contributed by atoms with Crippen molar-refractivity contribution in [1.29, 1.82) is 0 Å². The van der Waals surface area contributed by atoms with Gasteiger partial charge in [-0.1, -0.05) is 41.9 Å². The molecule has 1 aliphatic rings. The lowest BCUT2D eigenvalue weighted by Gasteiger charge is -2.10. The van der Waals surface area contributed by atoms with E-state index in [4.69, 9.17) is 11.6 Å². The van der Waals surface area contributed by atoms with Gasteiger partial charge in [0.15, 0.2) is 0 Å². The number of fused-ring (bicyclic) bond motifs is 1. The first-order valence-electron chi connectivity index (χ1n) is 5.95. The lowest BCUT2D eigenvalue weighted by atomic mass is 10.0. The average Bonchev–Trinajstić information content (AvgIpc) is 2.59. The number of benzene rings is 2. The van der Waals surface area contributed by atoms with E-state index >= 15 is 0 Å². The van der Waals surface area contributed by atoms with Crippen molar-refractivity contribution < 1.29 is 4.79 Å². The van der Waals surface area contributed by atoms with E-state index in [1.807, 2.05) is 42.5 Å². The molecule has 0 radical (unpaired) electrons. The van der Waals surface area contributed by atoms with Crippen LogP contribution < -0.4 is 5.32 Å². The van der Waals surface area contributed by atoms with Gasteiger partial charge < -0.3 is 5.32 Å². The Bertz CT molecular complexity index is 665. The fourth-order valence-electron chi connectivity index (χ4n) is 2.08. The Morgan fingerprint density at radius 2 is 1.89 bits per heavy atom. The van der Waals surface area contributed by atoms with Crippen molar-refractivity contribution in [1.82, 2.24) is 0 Å². The third-order valence-electron chi connectivity index (χ3n) is 2.95. The van der Waals surface area contributed by atoms with E-state index in [-0.39, 0.29) is 12.5 Å². The maximum Gasteiger partial charge on any atom is 0.265 e. The Balaban J connectivity index is 2.22. The smallest absolute Gasteiger partial charge is 0.265 e. The van der Waals surface area contributed by atoms with Crippen molar-refractivity contribution in [3.63, 3.8) is 0 Å². The van der Waals surface area contributed by atoms with Crippen LogP contribution in [0.1, 0.15) is 11.1 Å². The number of rotatable bonds is 1. The van der Waals surface area contributed by atoms with Gasteiger partial charge in [-0.3, -0.25) is 4.79 Å². The number of carbonyl (C=O) groups excluding carboxylic acids is 1. The zero-order chi connectivity index (χ0) is 13.2. The van der Waals surface area contributed by atoms with Gasteiger partial charge in [0.05, 0.1) is 12.3 Å². The van der Waals surface area contributed by atoms with Gasteiger partial charge in [-0.05, 0) is 18.2 Å². The number of aliphatic imine (C=N–C) groups is 1. The normalized spacial score (nSPS) is 14.2. The maximum absolute atomic E-state index is 11.7. The van der Waals surface area contributed by atoms with Crippen molar-refractivity contribution in [2.24, 2.45) is 4.99 Å². The summed E-state index contributed by atoms with van der Waals surface area (Å²) in [6, 6.07) is 15.1. The van der Waals surface area contributed by atoms with Crippen LogP contribution >= 0.6 is 11.6 Å². The Morgan fingerprint density at radius 1 is 1.11 bits per heavy atom. The number of carbonyl (C=O) groups is 1. The summed E-state index contributed by atoms with van der Waals surface area (Å²) >= 11 is 6.05. The molecule has 19 heavy (non-hydrogen) atoms. The van der Waals surface area contributed by atoms with E-state index in [0.29, 0.717) is 10.7 Å². The third kappa shape index (κ3) is 2.37. The van der Waals surface area contributed by atoms with E-state index in [0.717, 1.165) is 16.8 Å². The summed E-state index contributed by atoms with van der Waals surface area (Å²) in [6.07, 6.45) is 0. The minimum atomic E-state index is -0.189. The lowest BCUT2D eigenvalue weighted by Crippen LogP contribution is -2.09. The fraction of sp³-hybridized carbons (Fsp3) is 0.0667. The van der Waals surface area contributed by atoms with Crippen molar-refractivity contribution >= 4 is 28.9 Å². The first-order chi connectivity index (χ1) is 9.24. The maximum atomic E-state index is 11.7. The Morgan fingerprint density at radius 3 is 2.68 bits per heavy atom. The second-order valence-corrected chi connectivity index (χ2v) is 4.70. The number of benzodiazepines with no additional fused rings is 1. The number of halogens is 1. The molecule has 0 aromatic heterocycles. The Labute approximate surface area is 115 Å². The molecule has 0 unspecified atom stereocenters. The van der Waals surface area contributed by atoms with Gasteiger partial charge in [-0.15, -0.1) is 0 Å². The SMILES string of the molecule is O=C1CNc2ccc(Cl)cc2C(c2ccccc2)=N1. The number of anilines is 1. The molecule has 1 N–H and O–H groups in total. The van der Waals surface area contributed by atoms with Crippen molar-refractivity contribution in [2.45, 2.75) is 0 Å². The van der Waals surface area contributed by atoms with Gasteiger partial charge in [0.2, 0.25) is 0 Å². The first-order valence-corrected chi connectivity index (χ1v) is 6.32. The summed E-state index contributed by atoms with van der Waals surface area (Å²) in [6.45, 7) is 0.199. The molecule has 4 heteroatoms.